The Hall–Kier alpha value is -2.66. The summed E-state index contributed by atoms with van der Waals surface area (Å²) in [5, 5.41) is 7.25. The number of rotatable bonds is 5. The normalized spacial score (nSPS) is 15.4. The van der Waals surface area contributed by atoms with Crippen molar-refractivity contribution in [2.45, 2.75) is 18.9 Å². The van der Waals surface area contributed by atoms with Crippen molar-refractivity contribution in [3.63, 3.8) is 0 Å². The Labute approximate surface area is 156 Å². The van der Waals surface area contributed by atoms with Gasteiger partial charge < -0.3 is 10.6 Å². The van der Waals surface area contributed by atoms with E-state index in [2.05, 4.69) is 20.6 Å². The van der Waals surface area contributed by atoms with Crippen LogP contribution in [0.25, 0.3) is 0 Å². The minimum absolute atomic E-state index is 0.205. The van der Waals surface area contributed by atoms with Crippen molar-refractivity contribution in [1.82, 2.24) is 9.97 Å². The fourth-order valence-corrected chi connectivity index (χ4v) is 3.39. The van der Waals surface area contributed by atoms with Crippen LogP contribution in [0, 0.1) is 5.82 Å². The summed E-state index contributed by atoms with van der Waals surface area (Å²) in [6.07, 6.45) is 3.90. The van der Waals surface area contributed by atoms with Gasteiger partial charge in [0.25, 0.3) is 0 Å². The second-order valence-corrected chi connectivity index (χ2v) is 6.78. The molecule has 4 nitrogen and oxygen atoms in total. The Bertz CT molecular complexity index is 914. The first-order valence-electron chi connectivity index (χ1n) is 8.50. The van der Waals surface area contributed by atoms with Crippen molar-refractivity contribution < 1.29 is 4.39 Å². The quantitative estimate of drug-likeness (QED) is 0.689. The first-order chi connectivity index (χ1) is 12.7. The van der Waals surface area contributed by atoms with E-state index in [1.165, 1.54) is 6.20 Å². The van der Waals surface area contributed by atoms with Gasteiger partial charge in [-0.25, -0.2) is 14.4 Å². The molecule has 0 saturated heterocycles. The third-order valence-corrected chi connectivity index (χ3v) is 4.93. The summed E-state index contributed by atoms with van der Waals surface area (Å²) in [5.74, 6) is 1.49. The summed E-state index contributed by atoms with van der Waals surface area (Å²) in [6, 6.07) is 13.3. The fourth-order valence-electron chi connectivity index (χ4n) is 3.19. The molecule has 0 radical (unpaired) electrons. The van der Waals surface area contributed by atoms with Crippen LogP contribution in [0.4, 0.5) is 16.0 Å². The number of hydrogen-bond donors (Lipinski definition) is 2. The molecule has 6 heteroatoms. The second-order valence-electron chi connectivity index (χ2n) is 6.37. The number of benzene rings is 1. The topological polar surface area (TPSA) is 49.8 Å². The molecule has 3 heterocycles. The molecule has 2 N–H and O–H groups in total. The van der Waals surface area contributed by atoms with E-state index >= 15 is 0 Å². The third kappa shape index (κ3) is 3.63. The van der Waals surface area contributed by atoms with Gasteiger partial charge in [0, 0.05) is 35.8 Å². The molecule has 1 aromatic carbocycles. The number of nitrogens with zero attached hydrogens (tertiary/aromatic N) is 2. The number of pyridine rings is 2. The lowest BCUT2D eigenvalue weighted by molar-refractivity contribution is 0.616. The average Bonchev–Trinajstić information content (AvgIpc) is 3.04. The van der Waals surface area contributed by atoms with Crippen LogP contribution in [0.5, 0.6) is 0 Å². The molecule has 1 unspecified atom stereocenters. The molecular weight excluding hydrogens is 351 g/mol. The largest absolute Gasteiger partial charge is 0.369 e. The summed E-state index contributed by atoms with van der Waals surface area (Å²) in [6.45, 7) is 1.38. The van der Waals surface area contributed by atoms with Gasteiger partial charge in [-0.05, 0) is 35.7 Å². The first kappa shape index (κ1) is 16.8. The summed E-state index contributed by atoms with van der Waals surface area (Å²) < 4.78 is 13.5. The molecular formula is C20H18ClFN4. The van der Waals surface area contributed by atoms with Crippen molar-refractivity contribution in [2.75, 3.05) is 17.2 Å². The smallest absolute Gasteiger partial charge is 0.141 e. The Kier molecular flexibility index (Phi) is 4.71. The lowest BCUT2D eigenvalue weighted by Gasteiger charge is -2.11. The Morgan fingerprint density at radius 1 is 1.15 bits per heavy atom. The predicted octanol–water partition coefficient (Wildman–Crippen LogP) is 4.63. The maximum Gasteiger partial charge on any atom is 0.141 e. The van der Waals surface area contributed by atoms with Crippen molar-refractivity contribution in [3.05, 3.63) is 82.4 Å². The zero-order chi connectivity index (χ0) is 17.9. The maximum atomic E-state index is 13.5. The van der Waals surface area contributed by atoms with E-state index in [0.29, 0.717) is 6.54 Å². The van der Waals surface area contributed by atoms with Gasteiger partial charge in [0.1, 0.15) is 17.5 Å². The molecule has 0 fully saturated rings. The molecule has 0 amide bonds. The molecule has 1 atom stereocenters. The molecule has 0 spiro atoms. The van der Waals surface area contributed by atoms with Crippen LogP contribution in [0.2, 0.25) is 5.02 Å². The number of nitrogens with one attached hydrogen (secondary N) is 2. The highest BCUT2D eigenvalue weighted by Crippen LogP contribution is 2.32. The Balaban J connectivity index is 1.40. The molecule has 4 rings (SSSR count). The van der Waals surface area contributed by atoms with Gasteiger partial charge in [-0.3, -0.25) is 0 Å². The highest BCUT2D eigenvalue weighted by molar-refractivity contribution is 6.31. The monoisotopic (exact) mass is 368 g/mol. The highest BCUT2D eigenvalue weighted by Gasteiger charge is 2.24. The first-order valence-corrected chi connectivity index (χ1v) is 8.88. The van der Waals surface area contributed by atoms with E-state index in [1.807, 2.05) is 42.6 Å². The molecule has 0 saturated carbocycles. The van der Waals surface area contributed by atoms with E-state index in [0.717, 1.165) is 46.3 Å². The lowest BCUT2D eigenvalue weighted by Crippen LogP contribution is -2.06. The van der Waals surface area contributed by atoms with Crippen molar-refractivity contribution in [1.29, 1.82) is 0 Å². The van der Waals surface area contributed by atoms with Crippen LogP contribution in [0.1, 0.15) is 22.6 Å². The molecule has 0 bridgehead atoms. The molecule has 0 aliphatic carbocycles. The predicted molar refractivity (Wildman–Crippen MR) is 102 cm³/mol. The second kappa shape index (κ2) is 7.30. The van der Waals surface area contributed by atoms with E-state index in [4.69, 9.17) is 11.6 Å². The Morgan fingerprint density at radius 3 is 2.85 bits per heavy atom. The number of aromatic nitrogens is 2. The van der Waals surface area contributed by atoms with Crippen molar-refractivity contribution in [3.8, 4) is 0 Å². The van der Waals surface area contributed by atoms with Crippen LogP contribution in [0.3, 0.4) is 0 Å². The fraction of sp³-hybridized carbons (Fsp3) is 0.200. The molecule has 2 aromatic heterocycles. The number of fused-ring (bicyclic) bond motifs is 1. The van der Waals surface area contributed by atoms with Gasteiger partial charge in [0.15, 0.2) is 0 Å². The zero-order valence-electron chi connectivity index (χ0n) is 14.0. The Morgan fingerprint density at radius 2 is 2.04 bits per heavy atom. The summed E-state index contributed by atoms with van der Waals surface area (Å²) >= 11 is 6.17. The summed E-state index contributed by atoms with van der Waals surface area (Å²) in [4.78, 5) is 8.58. The molecule has 1 aliphatic rings. The number of hydrogen-bond acceptors (Lipinski definition) is 4. The van der Waals surface area contributed by atoms with E-state index < -0.39 is 0 Å². The summed E-state index contributed by atoms with van der Waals surface area (Å²) in [5.41, 5.74) is 3.08. The third-order valence-electron chi connectivity index (χ3n) is 4.56. The molecule has 26 heavy (non-hydrogen) atoms. The maximum absolute atomic E-state index is 13.5. The molecule has 1 aliphatic heterocycles. The van der Waals surface area contributed by atoms with E-state index in [9.17, 15) is 4.39 Å². The van der Waals surface area contributed by atoms with Crippen LogP contribution < -0.4 is 10.6 Å². The van der Waals surface area contributed by atoms with Gasteiger partial charge in [-0.2, -0.15) is 0 Å². The van der Waals surface area contributed by atoms with Gasteiger partial charge >= 0.3 is 0 Å². The van der Waals surface area contributed by atoms with Crippen LogP contribution in [-0.2, 0) is 13.0 Å². The van der Waals surface area contributed by atoms with Gasteiger partial charge in [0.05, 0.1) is 6.20 Å². The van der Waals surface area contributed by atoms with Gasteiger partial charge in [-0.15, -0.1) is 0 Å². The van der Waals surface area contributed by atoms with Crippen molar-refractivity contribution in [2.24, 2.45) is 0 Å². The van der Waals surface area contributed by atoms with Gasteiger partial charge in [0.2, 0.25) is 0 Å². The van der Waals surface area contributed by atoms with Gasteiger partial charge in [-0.1, -0.05) is 35.9 Å². The number of anilines is 2. The zero-order valence-corrected chi connectivity index (χ0v) is 14.8. The van der Waals surface area contributed by atoms with Crippen molar-refractivity contribution >= 4 is 23.2 Å². The van der Waals surface area contributed by atoms with Crippen LogP contribution in [0.15, 0.2) is 54.9 Å². The SMILES string of the molecule is Fc1cnc2c(c1)C(Cc1ccc(NCc3ccccc3Cl)nc1)CN2. The summed E-state index contributed by atoms with van der Waals surface area (Å²) in [7, 11) is 0. The van der Waals surface area contributed by atoms with E-state index in [-0.39, 0.29) is 11.7 Å². The standard InChI is InChI=1S/C20H18ClFN4/c21-18-4-2-1-3-14(18)10-24-19-6-5-13(9-23-19)7-15-11-25-20-17(15)8-16(22)12-26-20/h1-6,8-9,12,15H,7,10-11H2,(H,23,24)(H,25,26). The average molecular weight is 369 g/mol. The molecule has 132 valence electrons. The van der Waals surface area contributed by atoms with Crippen LogP contribution >= 0.6 is 11.6 Å². The van der Waals surface area contributed by atoms with E-state index in [1.54, 1.807) is 6.07 Å². The minimum atomic E-state index is -0.297. The number of halogens is 2. The van der Waals surface area contributed by atoms with Crippen LogP contribution in [-0.4, -0.2) is 16.5 Å². The molecule has 3 aromatic rings. The highest BCUT2D eigenvalue weighted by atomic mass is 35.5. The minimum Gasteiger partial charge on any atom is -0.369 e. The lowest BCUT2D eigenvalue weighted by atomic mass is 9.95.